The highest BCUT2D eigenvalue weighted by atomic mass is 19.4. The number of amides is 2. The number of carbonyl (C=O) groups is 2. The highest BCUT2D eigenvalue weighted by Gasteiger charge is 2.31. The Kier molecular flexibility index (Phi) is 5.51. The van der Waals surface area contributed by atoms with Gasteiger partial charge in [-0.25, -0.2) is 0 Å². The number of hydrogen-bond donors (Lipinski definition) is 2. The van der Waals surface area contributed by atoms with Gasteiger partial charge in [-0.1, -0.05) is 6.07 Å². The van der Waals surface area contributed by atoms with Crippen molar-refractivity contribution in [2.45, 2.75) is 25.6 Å². The van der Waals surface area contributed by atoms with Gasteiger partial charge in [-0.3, -0.25) is 9.59 Å². The first-order valence-corrected chi connectivity index (χ1v) is 6.32. The second-order valence-electron chi connectivity index (χ2n) is 4.77. The van der Waals surface area contributed by atoms with Gasteiger partial charge < -0.3 is 11.1 Å². The number of carbonyl (C=O) groups excluding carboxylic acids is 2. The Morgan fingerprint density at radius 2 is 2.05 bits per heavy atom. The summed E-state index contributed by atoms with van der Waals surface area (Å²) in [6, 6.07) is 4.55. The molecule has 0 aromatic heterocycles. The van der Waals surface area contributed by atoms with E-state index in [9.17, 15) is 22.8 Å². The van der Waals surface area contributed by atoms with Crippen LogP contribution in [-0.2, 0) is 11.0 Å². The zero-order chi connectivity index (χ0) is 16.9. The molecule has 1 rings (SSSR count). The predicted octanol–water partition coefficient (Wildman–Crippen LogP) is 1.84. The Bertz CT molecular complexity index is 608. The molecular formula is C14H14F3N3O2. The second-order valence-corrected chi connectivity index (χ2v) is 4.77. The van der Waals surface area contributed by atoms with Crippen LogP contribution >= 0.6 is 0 Å². The van der Waals surface area contributed by atoms with Crippen molar-refractivity contribution in [3.63, 3.8) is 0 Å². The van der Waals surface area contributed by atoms with Crippen LogP contribution in [0.4, 0.5) is 13.2 Å². The summed E-state index contributed by atoms with van der Waals surface area (Å²) in [5.41, 5.74) is 3.91. The fourth-order valence-corrected chi connectivity index (χ4v) is 1.73. The molecule has 1 aromatic carbocycles. The molecule has 0 unspecified atom stereocenters. The van der Waals surface area contributed by atoms with E-state index in [2.05, 4.69) is 5.32 Å². The molecule has 0 heterocycles. The minimum Gasteiger partial charge on any atom is -0.368 e. The first-order valence-electron chi connectivity index (χ1n) is 6.32. The van der Waals surface area contributed by atoms with Crippen LogP contribution in [0.15, 0.2) is 24.3 Å². The van der Waals surface area contributed by atoms with E-state index < -0.39 is 35.5 Å². The van der Waals surface area contributed by atoms with Crippen LogP contribution in [0.2, 0.25) is 0 Å². The molecule has 8 heteroatoms. The highest BCUT2D eigenvalue weighted by molar-refractivity contribution is 5.97. The first-order chi connectivity index (χ1) is 10.1. The van der Waals surface area contributed by atoms with Crippen molar-refractivity contribution in [3.8, 4) is 6.07 Å². The van der Waals surface area contributed by atoms with Crippen LogP contribution in [0, 0.1) is 17.2 Å². The summed E-state index contributed by atoms with van der Waals surface area (Å²) in [5, 5.41) is 10.9. The average molecular weight is 313 g/mol. The molecule has 118 valence electrons. The smallest absolute Gasteiger partial charge is 0.368 e. The number of nitrogens with two attached hydrogens (primary N) is 1. The molecule has 0 spiro atoms. The van der Waals surface area contributed by atoms with Gasteiger partial charge in [0.15, 0.2) is 0 Å². The number of alkyl halides is 3. The van der Waals surface area contributed by atoms with E-state index in [1.54, 1.807) is 0 Å². The van der Waals surface area contributed by atoms with Gasteiger partial charge >= 0.3 is 6.18 Å². The summed E-state index contributed by atoms with van der Waals surface area (Å²) in [6.45, 7) is 1.53. The molecule has 1 aromatic rings. The van der Waals surface area contributed by atoms with Gasteiger partial charge in [0, 0.05) is 11.5 Å². The zero-order valence-electron chi connectivity index (χ0n) is 11.6. The maximum atomic E-state index is 12.6. The Morgan fingerprint density at radius 3 is 2.55 bits per heavy atom. The van der Waals surface area contributed by atoms with E-state index in [1.165, 1.54) is 13.0 Å². The van der Waals surface area contributed by atoms with Gasteiger partial charge in [0.2, 0.25) is 5.91 Å². The van der Waals surface area contributed by atoms with Crippen molar-refractivity contribution < 1.29 is 22.8 Å². The van der Waals surface area contributed by atoms with Gasteiger partial charge in [-0.2, -0.15) is 18.4 Å². The number of nitriles is 1. The molecule has 2 amide bonds. The molecule has 0 saturated heterocycles. The highest BCUT2D eigenvalue weighted by Crippen LogP contribution is 2.29. The Labute approximate surface area is 124 Å². The van der Waals surface area contributed by atoms with Gasteiger partial charge in [0.1, 0.15) is 6.04 Å². The third kappa shape index (κ3) is 4.77. The Hall–Kier alpha value is -2.56. The molecule has 0 aliphatic heterocycles. The molecule has 0 bridgehead atoms. The maximum absolute atomic E-state index is 12.6. The summed E-state index contributed by atoms with van der Waals surface area (Å²) >= 11 is 0. The first kappa shape index (κ1) is 17.5. The summed E-state index contributed by atoms with van der Waals surface area (Å²) in [6.07, 6.45) is -4.59. The number of benzene rings is 1. The van der Waals surface area contributed by atoms with Gasteiger partial charge in [-0.05, 0) is 31.5 Å². The standard InChI is InChI=1S/C14H14F3N3O2/c1-8(7-18)5-11(12(19)21)20-13(22)9-3-2-4-10(6-9)14(15,16)17/h2-4,6,8,11H,5H2,1H3,(H2,19,21)(H,20,22)/t8-,11-/m0/s1. The second kappa shape index (κ2) is 6.93. The summed E-state index contributed by atoms with van der Waals surface area (Å²) in [4.78, 5) is 23.2. The lowest BCUT2D eigenvalue weighted by Gasteiger charge is -2.17. The Morgan fingerprint density at radius 1 is 1.41 bits per heavy atom. The minimum absolute atomic E-state index is 0.0173. The van der Waals surface area contributed by atoms with Gasteiger partial charge in [0.05, 0.1) is 11.6 Å². The van der Waals surface area contributed by atoms with Gasteiger partial charge in [-0.15, -0.1) is 0 Å². The van der Waals surface area contributed by atoms with Gasteiger partial charge in [0.25, 0.3) is 5.91 Å². The number of primary amides is 1. The summed E-state index contributed by atoms with van der Waals surface area (Å²) < 4.78 is 37.8. The molecular weight excluding hydrogens is 299 g/mol. The number of halogens is 3. The topological polar surface area (TPSA) is 96.0 Å². The number of rotatable bonds is 5. The lowest BCUT2D eigenvalue weighted by molar-refractivity contribution is -0.137. The third-order valence-electron chi connectivity index (χ3n) is 2.91. The third-order valence-corrected chi connectivity index (χ3v) is 2.91. The van der Waals surface area contributed by atoms with Crippen LogP contribution in [0.5, 0.6) is 0 Å². The van der Waals surface area contributed by atoms with Crippen LogP contribution in [0.25, 0.3) is 0 Å². The normalized spacial score (nSPS) is 13.8. The molecule has 0 aliphatic carbocycles. The van der Waals surface area contributed by atoms with Crippen LogP contribution in [-0.4, -0.2) is 17.9 Å². The molecule has 0 radical (unpaired) electrons. The number of nitrogens with one attached hydrogen (secondary N) is 1. The lowest BCUT2D eigenvalue weighted by atomic mass is 10.0. The zero-order valence-corrected chi connectivity index (χ0v) is 11.6. The largest absolute Gasteiger partial charge is 0.416 e. The lowest BCUT2D eigenvalue weighted by Crippen LogP contribution is -2.45. The molecule has 0 aliphatic rings. The van der Waals surface area contributed by atoms with Crippen molar-refractivity contribution in [1.29, 1.82) is 5.26 Å². The summed E-state index contributed by atoms with van der Waals surface area (Å²) in [5.74, 6) is -2.26. The van der Waals surface area contributed by atoms with Crippen LogP contribution < -0.4 is 11.1 Å². The van der Waals surface area contributed by atoms with E-state index in [0.29, 0.717) is 6.07 Å². The molecule has 3 N–H and O–H groups in total. The number of nitrogens with zero attached hydrogens (tertiary/aromatic N) is 1. The molecule has 0 saturated carbocycles. The van der Waals surface area contributed by atoms with Crippen LogP contribution in [0.3, 0.4) is 0 Å². The predicted molar refractivity (Wildman–Crippen MR) is 71.3 cm³/mol. The molecule has 5 nitrogen and oxygen atoms in total. The van der Waals surface area contributed by atoms with Crippen molar-refractivity contribution in [3.05, 3.63) is 35.4 Å². The molecule has 0 fully saturated rings. The quantitative estimate of drug-likeness (QED) is 0.868. The monoisotopic (exact) mass is 313 g/mol. The molecule has 2 atom stereocenters. The van der Waals surface area contributed by atoms with Crippen molar-refractivity contribution in [2.24, 2.45) is 11.7 Å². The number of hydrogen-bond acceptors (Lipinski definition) is 3. The van der Waals surface area contributed by atoms with E-state index in [4.69, 9.17) is 11.0 Å². The van der Waals surface area contributed by atoms with E-state index >= 15 is 0 Å². The van der Waals surface area contributed by atoms with E-state index in [-0.39, 0.29) is 12.0 Å². The fourth-order valence-electron chi connectivity index (χ4n) is 1.73. The van der Waals surface area contributed by atoms with Crippen LogP contribution in [0.1, 0.15) is 29.3 Å². The fraction of sp³-hybridized carbons (Fsp3) is 0.357. The van der Waals surface area contributed by atoms with E-state index in [0.717, 1.165) is 12.1 Å². The molecule has 22 heavy (non-hydrogen) atoms. The maximum Gasteiger partial charge on any atom is 0.416 e. The Balaban J connectivity index is 2.91. The van der Waals surface area contributed by atoms with Crippen molar-refractivity contribution in [2.75, 3.05) is 0 Å². The van der Waals surface area contributed by atoms with Crippen molar-refractivity contribution in [1.82, 2.24) is 5.32 Å². The van der Waals surface area contributed by atoms with Crippen molar-refractivity contribution >= 4 is 11.8 Å². The summed E-state index contributed by atoms with van der Waals surface area (Å²) in [7, 11) is 0. The minimum atomic E-state index is -4.57. The average Bonchev–Trinajstić information content (AvgIpc) is 2.45. The van der Waals surface area contributed by atoms with E-state index in [1.807, 2.05) is 6.07 Å². The SMILES string of the molecule is C[C@H](C#N)C[C@H](NC(=O)c1cccc(C(F)(F)F)c1)C(N)=O.